The van der Waals surface area contributed by atoms with Crippen molar-refractivity contribution in [3.8, 4) is 0 Å². The van der Waals surface area contributed by atoms with Crippen LogP contribution in [0.25, 0.3) is 0 Å². The van der Waals surface area contributed by atoms with Crippen molar-refractivity contribution in [1.82, 2.24) is 10.3 Å². The molecule has 1 atom stereocenters. The second kappa shape index (κ2) is 6.39. The van der Waals surface area contributed by atoms with E-state index in [1.807, 2.05) is 5.32 Å². The minimum Gasteiger partial charge on any atom is -0.332 e. The van der Waals surface area contributed by atoms with Crippen molar-refractivity contribution in [2.24, 2.45) is 0 Å². The van der Waals surface area contributed by atoms with Gasteiger partial charge in [0.05, 0.1) is 11.3 Å². The van der Waals surface area contributed by atoms with Crippen LogP contribution in [0, 0.1) is 0 Å². The summed E-state index contributed by atoms with van der Waals surface area (Å²) in [6.45, 7) is 0. The van der Waals surface area contributed by atoms with Crippen LogP contribution in [0.1, 0.15) is 5.56 Å². The molecule has 2 N–H and O–H groups in total. The first-order valence-corrected chi connectivity index (χ1v) is 7.55. The van der Waals surface area contributed by atoms with Gasteiger partial charge >= 0.3 is 18.4 Å². The van der Waals surface area contributed by atoms with Crippen LogP contribution >= 0.6 is 0 Å². The molecular weight excluding hydrogens is 394 g/mol. The SMILES string of the molecule is O=C1N[C@](Nc2ccccn2)(C(F)(F)F)C(=O)N1c1cccc(C(F)(F)F)c1. The van der Waals surface area contributed by atoms with Crippen LogP contribution in [-0.2, 0) is 11.0 Å². The Morgan fingerprint density at radius 1 is 1.00 bits per heavy atom. The molecule has 1 fully saturated rings. The highest BCUT2D eigenvalue weighted by molar-refractivity contribution is 6.24. The van der Waals surface area contributed by atoms with Crippen LogP contribution in [0.5, 0.6) is 0 Å². The first-order chi connectivity index (χ1) is 13.0. The van der Waals surface area contributed by atoms with Crippen LogP contribution in [0.3, 0.4) is 0 Å². The minimum absolute atomic E-state index is 0.00132. The normalized spacial score (nSPS) is 20.3. The van der Waals surface area contributed by atoms with Crippen LogP contribution in [0.15, 0.2) is 48.7 Å². The fraction of sp³-hybridized carbons (Fsp3) is 0.188. The summed E-state index contributed by atoms with van der Waals surface area (Å²) < 4.78 is 79.9. The molecule has 6 nitrogen and oxygen atoms in total. The van der Waals surface area contributed by atoms with Crippen LogP contribution < -0.4 is 15.5 Å². The first kappa shape index (κ1) is 19.5. The van der Waals surface area contributed by atoms with Gasteiger partial charge in [0.15, 0.2) is 0 Å². The molecule has 1 aromatic heterocycles. The van der Waals surface area contributed by atoms with Gasteiger partial charge in [0, 0.05) is 6.20 Å². The Hall–Kier alpha value is -3.31. The van der Waals surface area contributed by atoms with Gasteiger partial charge in [0.25, 0.3) is 11.6 Å². The monoisotopic (exact) mass is 404 g/mol. The number of hydrogen-bond acceptors (Lipinski definition) is 4. The maximum absolute atomic E-state index is 13.8. The predicted octanol–water partition coefficient (Wildman–Crippen LogP) is 3.53. The molecule has 0 radical (unpaired) electrons. The van der Waals surface area contributed by atoms with Crippen molar-refractivity contribution < 1.29 is 35.9 Å². The largest absolute Gasteiger partial charge is 0.440 e. The van der Waals surface area contributed by atoms with Crippen molar-refractivity contribution in [3.05, 3.63) is 54.2 Å². The van der Waals surface area contributed by atoms with Crippen LogP contribution in [0.4, 0.5) is 42.6 Å². The Morgan fingerprint density at radius 2 is 1.71 bits per heavy atom. The average Bonchev–Trinajstić information content (AvgIpc) is 2.86. The van der Waals surface area contributed by atoms with Gasteiger partial charge in [-0.1, -0.05) is 12.1 Å². The summed E-state index contributed by atoms with van der Waals surface area (Å²) in [5, 5.41) is 3.33. The number of alkyl halides is 6. The lowest BCUT2D eigenvalue weighted by Crippen LogP contribution is -2.64. The second-order valence-corrected chi connectivity index (χ2v) is 5.71. The second-order valence-electron chi connectivity index (χ2n) is 5.71. The number of nitrogens with one attached hydrogen (secondary N) is 2. The van der Waals surface area contributed by atoms with E-state index in [0.717, 1.165) is 24.4 Å². The quantitative estimate of drug-likeness (QED) is 0.607. The molecule has 1 aliphatic rings. The van der Waals surface area contributed by atoms with Gasteiger partial charge in [0.2, 0.25) is 0 Å². The number of pyridine rings is 1. The standard InChI is InChI=1S/C16H10F6N4O2/c17-15(18,19)9-4-3-5-10(8-9)26-12(27)14(16(20,21)22,25-13(26)28)24-11-6-1-2-7-23-11/h1-8H,(H,23,24)(H,25,28)/t14-/m0/s1. The summed E-state index contributed by atoms with van der Waals surface area (Å²) in [5.41, 5.74) is -5.48. The summed E-state index contributed by atoms with van der Waals surface area (Å²) >= 11 is 0. The summed E-state index contributed by atoms with van der Waals surface area (Å²) in [6.07, 6.45) is -8.99. The zero-order valence-corrected chi connectivity index (χ0v) is 13.6. The van der Waals surface area contributed by atoms with Gasteiger partial charge in [-0.25, -0.2) is 14.7 Å². The van der Waals surface area contributed by atoms with E-state index in [9.17, 15) is 35.9 Å². The first-order valence-electron chi connectivity index (χ1n) is 7.55. The number of nitrogens with zero attached hydrogens (tertiary/aromatic N) is 2. The lowest BCUT2D eigenvalue weighted by atomic mass is 10.1. The maximum Gasteiger partial charge on any atom is 0.440 e. The molecule has 1 aromatic carbocycles. The average molecular weight is 404 g/mol. The van der Waals surface area contributed by atoms with E-state index in [-0.39, 0.29) is 10.7 Å². The number of carbonyl (C=O) groups is 2. The fourth-order valence-corrected chi connectivity index (χ4v) is 2.56. The molecule has 148 valence electrons. The number of rotatable bonds is 3. The lowest BCUT2D eigenvalue weighted by Gasteiger charge is -2.30. The molecule has 2 heterocycles. The highest BCUT2D eigenvalue weighted by atomic mass is 19.4. The zero-order valence-electron chi connectivity index (χ0n) is 13.6. The highest BCUT2D eigenvalue weighted by Crippen LogP contribution is 2.39. The summed E-state index contributed by atoms with van der Waals surface area (Å²) in [6, 6.07) is 5.19. The molecule has 0 unspecified atom stereocenters. The Bertz CT molecular complexity index is 915. The highest BCUT2D eigenvalue weighted by Gasteiger charge is 2.68. The lowest BCUT2D eigenvalue weighted by molar-refractivity contribution is -0.185. The van der Waals surface area contributed by atoms with E-state index in [0.29, 0.717) is 12.1 Å². The fourth-order valence-electron chi connectivity index (χ4n) is 2.56. The molecule has 3 amide bonds. The number of hydrogen-bond donors (Lipinski definition) is 2. The number of imide groups is 1. The van der Waals surface area contributed by atoms with E-state index in [4.69, 9.17) is 0 Å². The summed E-state index contributed by atoms with van der Waals surface area (Å²) in [4.78, 5) is 28.4. The molecule has 28 heavy (non-hydrogen) atoms. The molecule has 12 heteroatoms. The molecule has 0 spiro atoms. The van der Waals surface area contributed by atoms with E-state index in [1.54, 1.807) is 0 Å². The van der Waals surface area contributed by atoms with Gasteiger partial charge in [-0.15, -0.1) is 0 Å². The summed E-state index contributed by atoms with van der Waals surface area (Å²) in [5.74, 6) is -2.21. The topological polar surface area (TPSA) is 74.3 Å². The molecule has 0 aliphatic carbocycles. The van der Waals surface area contributed by atoms with Gasteiger partial charge in [0.1, 0.15) is 5.82 Å². The number of benzene rings is 1. The number of carbonyl (C=O) groups excluding carboxylic acids is 2. The Morgan fingerprint density at radius 3 is 2.29 bits per heavy atom. The molecular formula is C16H10F6N4O2. The van der Waals surface area contributed by atoms with Crippen molar-refractivity contribution >= 4 is 23.4 Å². The number of anilines is 2. The van der Waals surface area contributed by atoms with Gasteiger partial charge in [-0.05, 0) is 30.3 Å². The third-order valence-electron chi connectivity index (χ3n) is 3.86. The molecule has 2 aromatic rings. The predicted molar refractivity (Wildman–Crippen MR) is 84.1 cm³/mol. The van der Waals surface area contributed by atoms with Crippen LogP contribution in [-0.4, -0.2) is 28.8 Å². The van der Waals surface area contributed by atoms with Crippen LogP contribution in [0.2, 0.25) is 0 Å². The minimum atomic E-state index is -5.33. The molecule has 1 aliphatic heterocycles. The summed E-state index contributed by atoms with van der Waals surface area (Å²) in [7, 11) is 0. The third kappa shape index (κ3) is 3.21. The van der Waals surface area contributed by atoms with E-state index >= 15 is 0 Å². The molecule has 0 saturated carbocycles. The van der Waals surface area contributed by atoms with Gasteiger partial charge in [-0.2, -0.15) is 26.3 Å². The van der Waals surface area contributed by atoms with Gasteiger partial charge < -0.3 is 5.32 Å². The Labute approximate surface area is 153 Å². The van der Waals surface area contributed by atoms with Crippen molar-refractivity contribution in [3.63, 3.8) is 0 Å². The van der Waals surface area contributed by atoms with Crippen molar-refractivity contribution in [1.29, 1.82) is 0 Å². The number of urea groups is 1. The van der Waals surface area contributed by atoms with Crippen molar-refractivity contribution in [2.45, 2.75) is 18.0 Å². The van der Waals surface area contributed by atoms with E-state index in [1.165, 1.54) is 17.4 Å². The van der Waals surface area contributed by atoms with Gasteiger partial charge in [-0.3, -0.25) is 10.1 Å². The van der Waals surface area contributed by atoms with E-state index < -0.39 is 41.2 Å². The molecule has 1 saturated heterocycles. The number of aromatic nitrogens is 1. The molecule has 0 bridgehead atoms. The third-order valence-corrected chi connectivity index (χ3v) is 3.86. The number of halogens is 6. The smallest absolute Gasteiger partial charge is 0.332 e. The zero-order chi connectivity index (χ0) is 20.7. The number of amides is 3. The molecule has 3 rings (SSSR count). The Balaban J connectivity index is 2.05. The van der Waals surface area contributed by atoms with Crippen molar-refractivity contribution in [2.75, 3.05) is 10.2 Å². The van der Waals surface area contributed by atoms with E-state index in [2.05, 4.69) is 4.98 Å². The maximum atomic E-state index is 13.8. The Kier molecular flexibility index (Phi) is 4.44.